The normalized spacial score (nSPS) is 12.9. The van der Waals surface area contributed by atoms with Gasteiger partial charge in [-0.2, -0.15) is 0 Å². The number of halogens is 1. The van der Waals surface area contributed by atoms with Crippen LogP contribution >= 0.6 is 12.4 Å². The van der Waals surface area contributed by atoms with Gasteiger partial charge in [-0.15, -0.1) is 12.4 Å². The fourth-order valence-electron chi connectivity index (χ4n) is 3.95. The Kier molecular flexibility index (Phi) is 9.66. The molecule has 3 rings (SSSR count). The number of hydrogen-bond donors (Lipinski definition) is 0. The second kappa shape index (κ2) is 12.0. The lowest BCUT2D eigenvalue weighted by Gasteiger charge is -2.28. The highest BCUT2D eigenvalue weighted by molar-refractivity contribution is 6.27. The first-order valence-electron chi connectivity index (χ1n) is 11.2. The van der Waals surface area contributed by atoms with E-state index in [2.05, 4.69) is 6.92 Å². The van der Waals surface area contributed by atoms with Crippen LogP contribution in [0.3, 0.4) is 0 Å². The molecule has 2 aromatic carbocycles. The molecule has 0 unspecified atom stereocenters. The Morgan fingerprint density at radius 3 is 2.28 bits per heavy atom. The Bertz CT molecular complexity index is 952. The van der Waals surface area contributed by atoms with E-state index in [1.807, 2.05) is 19.0 Å². The highest BCUT2D eigenvalue weighted by Gasteiger charge is 2.33. The largest absolute Gasteiger partial charge is 0.462 e. The Balaban J connectivity index is 0.00000363. The number of unbranched alkanes of at least 4 members (excludes halogenated alkanes) is 5. The van der Waals surface area contributed by atoms with Crippen LogP contribution in [0.25, 0.3) is 10.8 Å². The second-order valence-corrected chi connectivity index (χ2v) is 8.36. The van der Waals surface area contributed by atoms with Gasteiger partial charge >= 0.3 is 5.97 Å². The number of imide groups is 1. The van der Waals surface area contributed by atoms with Crippen LogP contribution in [0.5, 0.6) is 0 Å². The van der Waals surface area contributed by atoms with Crippen LogP contribution in [0.2, 0.25) is 0 Å². The van der Waals surface area contributed by atoms with E-state index >= 15 is 0 Å². The van der Waals surface area contributed by atoms with Crippen LogP contribution in [-0.2, 0) is 4.74 Å². The molecule has 32 heavy (non-hydrogen) atoms. The molecule has 0 bridgehead atoms. The minimum Gasteiger partial charge on any atom is -0.462 e. The van der Waals surface area contributed by atoms with E-state index in [9.17, 15) is 14.4 Å². The Morgan fingerprint density at radius 1 is 0.938 bits per heavy atom. The van der Waals surface area contributed by atoms with Gasteiger partial charge in [0.15, 0.2) is 0 Å². The molecule has 1 heterocycles. The fraction of sp³-hybridized carbons (Fsp3) is 0.480. The maximum absolute atomic E-state index is 13.0. The molecule has 174 valence electrons. The SMILES string of the molecule is CCCCCCCCOC(=O)c1ccc2c3c(cccc13)C(=O)N(CCN(C)C)C2=O.Cl. The van der Waals surface area contributed by atoms with Gasteiger partial charge in [0.05, 0.1) is 12.2 Å². The van der Waals surface area contributed by atoms with Gasteiger partial charge in [-0.05, 0) is 44.1 Å². The minimum atomic E-state index is -0.410. The third-order valence-electron chi connectivity index (χ3n) is 5.71. The standard InChI is InChI=1S/C25H32N2O4.ClH/c1-4-5-6-7-8-9-17-31-25(30)19-13-14-21-22-18(19)11-10-12-20(22)23(28)27(24(21)29)16-15-26(2)3;/h10-14H,4-9,15-17H2,1-3H3;1H. The van der Waals surface area contributed by atoms with Gasteiger partial charge in [-0.1, -0.05) is 51.2 Å². The smallest absolute Gasteiger partial charge is 0.338 e. The molecule has 0 fully saturated rings. The number of rotatable bonds is 11. The van der Waals surface area contributed by atoms with Gasteiger partial charge in [0, 0.05) is 29.6 Å². The number of hydrogen-bond acceptors (Lipinski definition) is 5. The summed E-state index contributed by atoms with van der Waals surface area (Å²) < 4.78 is 5.49. The number of carbonyl (C=O) groups excluding carboxylic acids is 3. The average molecular weight is 461 g/mol. The van der Waals surface area contributed by atoms with Gasteiger partial charge in [-0.3, -0.25) is 14.5 Å². The van der Waals surface area contributed by atoms with Crippen molar-refractivity contribution in [2.24, 2.45) is 0 Å². The summed E-state index contributed by atoms with van der Waals surface area (Å²) >= 11 is 0. The first-order chi connectivity index (χ1) is 15.0. The van der Waals surface area contributed by atoms with E-state index in [0.717, 1.165) is 19.3 Å². The van der Waals surface area contributed by atoms with Gasteiger partial charge in [0.2, 0.25) is 0 Å². The summed E-state index contributed by atoms with van der Waals surface area (Å²) in [5, 5.41) is 1.14. The molecule has 0 spiro atoms. The summed E-state index contributed by atoms with van der Waals surface area (Å²) in [6, 6.07) is 8.53. The molecule has 0 N–H and O–H groups in total. The first kappa shape index (κ1) is 25.8. The third kappa shape index (κ3) is 5.67. The number of likely N-dealkylation sites (N-methyl/N-ethyl adjacent to an activating group) is 1. The number of ether oxygens (including phenoxy) is 1. The molecule has 0 atom stereocenters. The highest BCUT2D eigenvalue weighted by atomic mass is 35.5. The Labute approximate surface area is 196 Å². The van der Waals surface area contributed by atoms with Crippen LogP contribution in [0, 0.1) is 0 Å². The monoisotopic (exact) mass is 460 g/mol. The van der Waals surface area contributed by atoms with E-state index in [0.29, 0.717) is 47.2 Å². The van der Waals surface area contributed by atoms with Crippen LogP contribution in [0.15, 0.2) is 30.3 Å². The molecule has 0 aliphatic carbocycles. The van der Waals surface area contributed by atoms with E-state index in [-0.39, 0.29) is 24.2 Å². The molecule has 0 aromatic heterocycles. The molecule has 1 aliphatic heterocycles. The summed E-state index contributed by atoms with van der Waals surface area (Å²) in [6.07, 6.45) is 6.70. The van der Waals surface area contributed by atoms with E-state index < -0.39 is 5.97 Å². The number of amides is 2. The molecule has 0 radical (unpaired) electrons. The molecule has 6 nitrogen and oxygen atoms in total. The highest BCUT2D eigenvalue weighted by Crippen LogP contribution is 2.32. The van der Waals surface area contributed by atoms with E-state index in [1.54, 1.807) is 30.3 Å². The third-order valence-corrected chi connectivity index (χ3v) is 5.71. The molecule has 1 aliphatic rings. The molecular formula is C25H33ClN2O4. The lowest BCUT2D eigenvalue weighted by Crippen LogP contribution is -2.43. The topological polar surface area (TPSA) is 66.9 Å². The van der Waals surface area contributed by atoms with Crippen LogP contribution in [-0.4, -0.2) is 61.4 Å². The molecule has 2 aromatic rings. The van der Waals surface area contributed by atoms with Crippen LogP contribution in [0.4, 0.5) is 0 Å². The zero-order chi connectivity index (χ0) is 22.4. The van der Waals surface area contributed by atoms with Crippen molar-refractivity contribution in [2.45, 2.75) is 45.4 Å². The predicted molar refractivity (Wildman–Crippen MR) is 129 cm³/mol. The van der Waals surface area contributed by atoms with Crippen LogP contribution in [0.1, 0.15) is 76.5 Å². The Hall–Kier alpha value is -2.44. The number of nitrogens with zero attached hydrogens (tertiary/aromatic N) is 2. The first-order valence-corrected chi connectivity index (χ1v) is 11.2. The number of benzene rings is 2. The quantitative estimate of drug-likeness (QED) is 0.270. The lowest BCUT2D eigenvalue weighted by molar-refractivity contribution is 0.0497. The van der Waals surface area contributed by atoms with Crippen molar-refractivity contribution >= 4 is 41.0 Å². The molecule has 0 saturated carbocycles. The van der Waals surface area contributed by atoms with Crippen molar-refractivity contribution in [3.63, 3.8) is 0 Å². The summed E-state index contributed by atoms with van der Waals surface area (Å²) in [7, 11) is 3.80. The minimum absolute atomic E-state index is 0. The van der Waals surface area contributed by atoms with Gasteiger partial charge in [0.1, 0.15) is 0 Å². The van der Waals surface area contributed by atoms with Gasteiger partial charge < -0.3 is 9.64 Å². The predicted octanol–water partition coefficient (Wildman–Crippen LogP) is 4.94. The zero-order valence-electron chi connectivity index (χ0n) is 19.2. The Morgan fingerprint density at radius 2 is 1.59 bits per heavy atom. The summed E-state index contributed by atoms with van der Waals surface area (Å²) in [4.78, 5) is 41.9. The number of esters is 1. The summed E-state index contributed by atoms with van der Waals surface area (Å²) in [5.74, 6) is -1.04. The van der Waals surface area contributed by atoms with E-state index in [1.165, 1.54) is 24.2 Å². The molecular weight excluding hydrogens is 428 g/mol. The summed E-state index contributed by atoms with van der Waals surface area (Å²) in [6.45, 7) is 3.47. The second-order valence-electron chi connectivity index (χ2n) is 8.36. The summed E-state index contributed by atoms with van der Waals surface area (Å²) in [5.41, 5.74) is 1.31. The van der Waals surface area contributed by atoms with Crippen molar-refractivity contribution < 1.29 is 19.1 Å². The maximum Gasteiger partial charge on any atom is 0.338 e. The van der Waals surface area contributed by atoms with Gasteiger partial charge in [0.25, 0.3) is 11.8 Å². The maximum atomic E-state index is 13.0. The van der Waals surface area contributed by atoms with Crippen molar-refractivity contribution in [3.05, 3.63) is 47.0 Å². The fourth-order valence-corrected chi connectivity index (χ4v) is 3.95. The molecule has 2 amide bonds. The van der Waals surface area contributed by atoms with Gasteiger partial charge in [-0.25, -0.2) is 4.79 Å². The van der Waals surface area contributed by atoms with E-state index in [4.69, 9.17) is 4.74 Å². The average Bonchev–Trinajstić information content (AvgIpc) is 2.76. The number of carbonyl (C=O) groups is 3. The van der Waals surface area contributed by atoms with Crippen molar-refractivity contribution in [3.8, 4) is 0 Å². The molecule has 0 saturated heterocycles. The molecule has 7 heteroatoms. The van der Waals surface area contributed by atoms with Crippen molar-refractivity contribution in [2.75, 3.05) is 33.8 Å². The van der Waals surface area contributed by atoms with Crippen molar-refractivity contribution in [1.82, 2.24) is 9.80 Å². The lowest BCUT2D eigenvalue weighted by atomic mass is 9.91. The zero-order valence-corrected chi connectivity index (χ0v) is 20.0. The van der Waals surface area contributed by atoms with Crippen LogP contribution < -0.4 is 0 Å². The van der Waals surface area contributed by atoms with Crippen molar-refractivity contribution in [1.29, 1.82) is 0 Å².